The summed E-state index contributed by atoms with van der Waals surface area (Å²) < 4.78 is 10.6. The van der Waals surface area contributed by atoms with E-state index in [0.717, 1.165) is 35.5 Å². The number of anilines is 1. The Labute approximate surface area is 184 Å². The van der Waals surface area contributed by atoms with E-state index >= 15 is 0 Å². The van der Waals surface area contributed by atoms with Gasteiger partial charge in [-0.2, -0.15) is 0 Å². The molecule has 0 aromatic heterocycles. The molecule has 1 amide bonds. The molecule has 6 nitrogen and oxygen atoms in total. The number of hydrogen-bond acceptors (Lipinski definition) is 5. The van der Waals surface area contributed by atoms with Crippen LogP contribution in [0.15, 0.2) is 42.5 Å². The monoisotopic (exact) mass is 424 g/mol. The van der Waals surface area contributed by atoms with Gasteiger partial charge in [0, 0.05) is 18.3 Å². The number of amides is 1. The number of nitrogens with one attached hydrogen (secondary N) is 1. The lowest BCUT2D eigenvalue weighted by Crippen LogP contribution is -2.27. The van der Waals surface area contributed by atoms with Gasteiger partial charge in [-0.15, -0.1) is 0 Å². The van der Waals surface area contributed by atoms with Crippen molar-refractivity contribution in [1.82, 2.24) is 4.90 Å². The van der Waals surface area contributed by atoms with Gasteiger partial charge in [-0.25, -0.2) is 4.79 Å². The largest absolute Gasteiger partial charge is 0.497 e. The van der Waals surface area contributed by atoms with Crippen molar-refractivity contribution in [3.63, 3.8) is 0 Å². The number of aryl methyl sites for hydroxylation is 2. The number of esters is 1. The third-order valence-corrected chi connectivity index (χ3v) is 5.13. The van der Waals surface area contributed by atoms with Crippen molar-refractivity contribution < 1.29 is 19.1 Å². The molecule has 0 aliphatic rings. The van der Waals surface area contributed by atoms with Crippen molar-refractivity contribution >= 4 is 23.6 Å². The molecule has 2 aromatic rings. The maximum atomic E-state index is 12.3. The van der Waals surface area contributed by atoms with Gasteiger partial charge >= 0.3 is 5.97 Å². The highest BCUT2D eigenvalue weighted by Gasteiger charge is 2.09. The second kappa shape index (κ2) is 11.9. The van der Waals surface area contributed by atoms with E-state index in [-0.39, 0.29) is 11.9 Å². The Kier molecular flexibility index (Phi) is 9.28. The number of ether oxygens (including phenoxy) is 2. The van der Waals surface area contributed by atoms with E-state index in [4.69, 9.17) is 9.47 Å². The standard InChI is InChI=1S/C25H32N2O4/c1-6-27(7-2)14-15-31-25(29)20-8-10-21(11-9-20)26-24(28)13-12-23-18(3)16-22(30-5)17-19(23)4/h8-13,16-17H,6-7,14-15H2,1-5H3,(H,26,28)/b13-12+. The molecule has 0 saturated heterocycles. The number of benzene rings is 2. The summed E-state index contributed by atoms with van der Waals surface area (Å²) in [6, 6.07) is 10.6. The van der Waals surface area contributed by atoms with Crippen molar-refractivity contribution in [3.05, 3.63) is 64.7 Å². The van der Waals surface area contributed by atoms with E-state index in [9.17, 15) is 9.59 Å². The second-order valence-corrected chi connectivity index (χ2v) is 7.24. The van der Waals surface area contributed by atoms with E-state index < -0.39 is 0 Å². The smallest absolute Gasteiger partial charge is 0.338 e. The van der Waals surface area contributed by atoms with Gasteiger partial charge < -0.3 is 19.7 Å². The molecule has 0 spiro atoms. The zero-order valence-electron chi connectivity index (χ0n) is 19.0. The van der Waals surface area contributed by atoms with Crippen LogP contribution in [0.1, 0.15) is 40.9 Å². The summed E-state index contributed by atoms with van der Waals surface area (Å²) in [5, 5.41) is 2.80. The number of methoxy groups -OCH3 is 1. The van der Waals surface area contributed by atoms with Crippen molar-refractivity contribution in [2.75, 3.05) is 38.7 Å². The first-order chi connectivity index (χ1) is 14.9. The van der Waals surface area contributed by atoms with Crippen LogP contribution in [-0.2, 0) is 9.53 Å². The Morgan fingerprint density at radius 3 is 2.19 bits per heavy atom. The average Bonchev–Trinajstić information content (AvgIpc) is 2.76. The number of carbonyl (C=O) groups is 2. The first kappa shape index (κ1) is 24.2. The van der Waals surface area contributed by atoms with Crippen molar-refractivity contribution in [1.29, 1.82) is 0 Å². The highest BCUT2D eigenvalue weighted by atomic mass is 16.5. The van der Waals surface area contributed by atoms with Crippen molar-refractivity contribution in [2.45, 2.75) is 27.7 Å². The van der Waals surface area contributed by atoms with E-state index in [1.54, 1.807) is 37.5 Å². The number of carbonyl (C=O) groups excluding carboxylic acids is 2. The molecule has 0 saturated carbocycles. The minimum absolute atomic E-state index is 0.246. The Morgan fingerprint density at radius 1 is 1.03 bits per heavy atom. The number of rotatable bonds is 10. The van der Waals surface area contributed by atoms with Crippen LogP contribution in [0.25, 0.3) is 6.08 Å². The van der Waals surface area contributed by atoms with Gasteiger partial charge in [0.1, 0.15) is 12.4 Å². The van der Waals surface area contributed by atoms with Gasteiger partial charge in [0.05, 0.1) is 12.7 Å². The maximum Gasteiger partial charge on any atom is 0.338 e. The van der Waals surface area contributed by atoms with Crippen LogP contribution in [0.4, 0.5) is 5.69 Å². The van der Waals surface area contributed by atoms with E-state index in [0.29, 0.717) is 24.4 Å². The molecule has 166 valence electrons. The average molecular weight is 425 g/mol. The summed E-state index contributed by atoms with van der Waals surface area (Å²) in [4.78, 5) is 26.6. The minimum atomic E-state index is -0.365. The molecule has 0 atom stereocenters. The van der Waals surface area contributed by atoms with Crippen molar-refractivity contribution in [2.24, 2.45) is 0 Å². The molecule has 1 N–H and O–H groups in total. The molecule has 2 aromatic carbocycles. The number of likely N-dealkylation sites (N-methyl/N-ethyl adjacent to an activating group) is 1. The van der Waals surface area contributed by atoms with Crippen molar-refractivity contribution in [3.8, 4) is 5.75 Å². The molecule has 2 rings (SSSR count). The van der Waals surface area contributed by atoms with Gasteiger partial charge in [-0.05, 0) is 86.1 Å². The minimum Gasteiger partial charge on any atom is -0.497 e. The number of nitrogens with zero attached hydrogens (tertiary/aromatic N) is 1. The quantitative estimate of drug-likeness (QED) is 0.450. The Morgan fingerprint density at radius 2 is 1.65 bits per heavy atom. The zero-order valence-corrected chi connectivity index (χ0v) is 19.0. The molecule has 0 aliphatic carbocycles. The summed E-state index contributed by atoms with van der Waals surface area (Å²) in [6.45, 7) is 11.0. The van der Waals surface area contributed by atoms with Gasteiger partial charge in [0.25, 0.3) is 0 Å². The molecular formula is C25H32N2O4. The highest BCUT2D eigenvalue weighted by Crippen LogP contribution is 2.22. The molecule has 31 heavy (non-hydrogen) atoms. The zero-order chi connectivity index (χ0) is 22.8. The predicted octanol–water partition coefficient (Wildman–Crippen LogP) is 4.46. The molecule has 6 heteroatoms. The molecule has 0 fully saturated rings. The SMILES string of the molecule is CCN(CC)CCOC(=O)c1ccc(NC(=O)/C=C/c2c(C)cc(OC)cc2C)cc1. The van der Waals surface area contributed by atoms with Crippen LogP contribution in [0, 0.1) is 13.8 Å². The summed E-state index contributed by atoms with van der Waals surface area (Å²) in [5.41, 5.74) is 4.11. The topological polar surface area (TPSA) is 67.9 Å². The fraction of sp³-hybridized carbons (Fsp3) is 0.360. The highest BCUT2D eigenvalue weighted by molar-refractivity contribution is 6.02. The van der Waals surface area contributed by atoms with E-state index in [1.807, 2.05) is 26.0 Å². The van der Waals surface area contributed by atoms with Crippen LogP contribution in [0.3, 0.4) is 0 Å². The third-order valence-electron chi connectivity index (χ3n) is 5.13. The van der Waals surface area contributed by atoms with Gasteiger partial charge in [-0.3, -0.25) is 4.79 Å². The Hall–Kier alpha value is -3.12. The van der Waals surface area contributed by atoms with Gasteiger partial charge in [-0.1, -0.05) is 13.8 Å². The van der Waals surface area contributed by atoms with E-state index in [2.05, 4.69) is 24.1 Å². The fourth-order valence-corrected chi connectivity index (χ4v) is 3.24. The fourth-order valence-electron chi connectivity index (χ4n) is 3.24. The number of hydrogen-bond donors (Lipinski definition) is 1. The van der Waals surface area contributed by atoms with Crippen LogP contribution in [0.2, 0.25) is 0 Å². The van der Waals surface area contributed by atoms with Crippen LogP contribution in [-0.4, -0.2) is 50.1 Å². The lowest BCUT2D eigenvalue weighted by Gasteiger charge is -2.17. The van der Waals surface area contributed by atoms with Crippen LogP contribution in [0.5, 0.6) is 5.75 Å². The summed E-state index contributed by atoms with van der Waals surface area (Å²) in [5.74, 6) is 0.183. The van der Waals surface area contributed by atoms with Crippen LogP contribution >= 0.6 is 0 Å². The summed E-state index contributed by atoms with van der Waals surface area (Å²) in [6.07, 6.45) is 3.29. The molecule has 0 aliphatic heterocycles. The summed E-state index contributed by atoms with van der Waals surface area (Å²) >= 11 is 0. The molecular weight excluding hydrogens is 392 g/mol. The lowest BCUT2D eigenvalue weighted by atomic mass is 10.0. The molecule has 0 heterocycles. The molecule has 0 radical (unpaired) electrons. The normalized spacial score (nSPS) is 11.0. The molecule has 0 bridgehead atoms. The summed E-state index contributed by atoms with van der Waals surface area (Å²) in [7, 11) is 1.63. The van der Waals surface area contributed by atoms with E-state index in [1.165, 1.54) is 6.08 Å². The second-order valence-electron chi connectivity index (χ2n) is 7.24. The predicted molar refractivity (Wildman–Crippen MR) is 125 cm³/mol. The van der Waals surface area contributed by atoms with Gasteiger partial charge in [0.2, 0.25) is 5.91 Å². The first-order valence-corrected chi connectivity index (χ1v) is 10.5. The van der Waals surface area contributed by atoms with Crippen LogP contribution < -0.4 is 10.1 Å². The lowest BCUT2D eigenvalue weighted by molar-refractivity contribution is -0.111. The third kappa shape index (κ3) is 7.26. The maximum absolute atomic E-state index is 12.3. The Bertz CT molecular complexity index is 893. The Balaban J connectivity index is 1.92. The first-order valence-electron chi connectivity index (χ1n) is 10.5. The van der Waals surface area contributed by atoms with Gasteiger partial charge in [0.15, 0.2) is 0 Å². The molecule has 0 unspecified atom stereocenters.